The topological polar surface area (TPSA) is 131 Å². The van der Waals surface area contributed by atoms with Crippen LogP contribution >= 0.6 is 15.9 Å². The summed E-state index contributed by atoms with van der Waals surface area (Å²) in [6.45, 7) is -0.668. The van der Waals surface area contributed by atoms with Gasteiger partial charge in [-0.2, -0.15) is 10.1 Å². The van der Waals surface area contributed by atoms with Crippen molar-refractivity contribution in [1.29, 1.82) is 0 Å². The van der Waals surface area contributed by atoms with Crippen molar-refractivity contribution in [2.75, 3.05) is 11.9 Å². The van der Waals surface area contributed by atoms with Gasteiger partial charge in [-0.1, -0.05) is 40.2 Å². The molecule has 184 valence electrons. The van der Waals surface area contributed by atoms with Crippen LogP contribution in [0.5, 0.6) is 5.75 Å². The van der Waals surface area contributed by atoms with Crippen LogP contribution < -0.4 is 10.1 Å². The van der Waals surface area contributed by atoms with E-state index < -0.39 is 52.6 Å². The Bertz CT molecular complexity index is 1330. The van der Waals surface area contributed by atoms with Crippen LogP contribution in [0.15, 0.2) is 58.1 Å². The van der Waals surface area contributed by atoms with E-state index in [0.29, 0.717) is 4.47 Å². The number of nitro benzene ring substituents is 1. The molecule has 1 aliphatic heterocycles. The Morgan fingerprint density at radius 1 is 1.22 bits per heavy atom. The maximum Gasteiger partial charge on any atom is 0.312 e. The Kier molecular flexibility index (Phi) is 6.12. The van der Waals surface area contributed by atoms with Crippen LogP contribution in [0.2, 0.25) is 0 Å². The molecular formula is C24H18BrFN4O6. The van der Waals surface area contributed by atoms with Gasteiger partial charge in [0.15, 0.2) is 6.61 Å². The molecule has 5 rings (SSSR count). The number of benzene rings is 2. The van der Waals surface area contributed by atoms with Crippen LogP contribution in [0, 0.1) is 39.6 Å². The molecule has 2 aliphatic carbocycles. The summed E-state index contributed by atoms with van der Waals surface area (Å²) in [5.41, 5.74) is -0.477. The van der Waals surface area contributed by atoms with Crippen molar-refractivity contribution < 1.29 is 28.4 Å². The molecule has 3 aliphatic rings. The van der Waals surface area contributed by atoms with Crippen LogP contribution in [-0.2, 0) is 14.4 Å². The van der Waals surface area contributed by atoms with Crippen molar-refractivity contribution >= 4 is 51.2 Å². The van der Waals surface area contributed by atoms with Gasteiger partial charge in [0, 0.05) is 16.1 Å². The van der Waals surface area contributed by atoms with Gasteiger partial charge >= 0.3 is 5.69 Å². The Balaban J connectivity index is 1.38. The minimum absolute atomic E-state index is 0.00969. The second-order valence-corrected chi connectivity index (χ2v) is 9.57. The fourth-order valence-corrected chi connectivity index (χ4v) is 5.46. The lowest BCUT2D eigenvalue weighted by Crippen LogP contribution is -2.28. The number of carbonyl (C=O) groups excluding carboxylic acids is 3. The number of amides is 3. The molecule has 1 N–H and O–H groups in total. The number of halogens is 2. The third kappa shape index (κ3) is 4.17. The highest BCUT2D eigenvalue weighted by Gasteiger charge is 2.59. The summed E-state index contributed by atoms with van der Waals surface area (Å²) < 4.78 is 19.6. The molecule has 0 aromatic heterocycles. The van der Waals surface area contributed by atoms with Gasteiger partial charge < -0.3 is 10.1 Å². The van der Waals surface area contributed by atoms with Crippen LogP contribution in [0.25, 0.3) is 0 Å². The number of anilines is 1. The third-order valence-electron chi connectivity index (χ3n) is 6.51. The monoisotopic (exact) mass is 556 g/mol. The number of hydrogen-bond acceptors (Lipinski definition) is 7. The molecule has 2 aromatic carbocycles. The summed E-state index contributed by atoms with van der Waals surface area (Å²) in [5, 5.41) is 18.9. The highest BCUT2D eigenvalue weighted by Crippen LogP contribution is 2.52. The molecule has 36 heavy (non-hydrogen) atoms. The maximum atomic E-state index is 13.8. The van der Waals surface area contributed by atoms with Gasteiger partial charge in [-0.15, -0.1) is 0 Å². The third-order valence-corrected chi connectivity index (χ3v) is 6.97. The van der Waals surface area contributed by atoms with Crippen LogP contribution in [0.1, 0.15) is 12.0 Å². The van der Waals surface area contributed by atoms with Crippen molar-refractivity contribution in [3.63, 3.8) is 0 Å². The Hall–Kier alpha value is -3.93. The Morgan fingerprint density at radius 2 is 1.89 bits per heavy atom. The van der Waals surface area contributed by atoms with Crippen molar-refractivity contribution in [3.8, 4) is 5.75 Å². The molecular weight excluding hydrogens is 539 g/mol. The average molecular weight is 557 g/mol. The number of hydrogen-bond donors (Lipinski definition) is 1. The number of imide groups is 1. The number of para-hydroxylation sites is 1. The van der Waals surface area contributed by atoms with Gasteiger partial charge in [0.1, 0.15) is 5.82 Å². The largest absolute Gasteiger partial charge is 0.476 e. The molecule has 1 saturated carbocycles. The fourth-order valence-electron chi connectivity index (χ4n) is 5.00. The quantitative estimate of drug-likeness (QED) is 0.182. The number of nitro groups is 1. The SMILES string of the molecule is O=C(COc1c(C=NN2C(=O)[C@@H]3[C@H](C2=O)[C@H]2C=C[C@H]3C2)cc(Br)cc1[N+](=O)[O-])Nc1ccccc1F. The van der Waals surface area contributed by atoms with Gasteiger partial charge in [-0.3, -0.25) is 24.5 Å². The number of fused-ring (bicyclic) bond motifs is 5. The summed E-state index contributed by atoms with van der Waals surface area (Å²) in [6.07, 6.45) is 5.81. The molecule has 2 aromatic rings. The van der Waals surface area contributed by atoms with E-state index in [-0.39, 0.29) is 28.8 Å². The number of nitrogens with zero attached hydrogens (tertiary/aromatic N) is 3. The molecule has 2 bridgehead atoms. The highest BCUT2D eigenvalue weighted by molar-refractivity contribution is 9.10. The molecule has 0 spiro atoms. The van der Waals surface area contributed by atoms with E-state index in [9.17, 15) is 28.9 Å². The molecule has 10 nitrogen and oxygen atoms in total. The van der Waals surface area contributed by atoms with Crippen molar-refractivity contribution in [2.45, 2.75) is 6.42 Å². The molecule has 3 amide bonds. The first-order valence-corrected chi connectivity index (χ1v) is 11.8. The van der Waals surface area contributed by atoms with Crippen molar-refractivity contribution in [2.24, 2.45) is 28.8 Å². The first kappa shape index (κ1) is 23.8. The Labute approximate surface area is 212 Å². The second-order valence-electron chi connectivity index (χ2n) is 8.65. The number of ether oxygens (including phenoxy) is 1. The molecule has 1 saturated heterocycles. The van der Waals surface area contributed by atoms with Crippen LogP contribution in [-0.4, -0.2) is 40.5 Å². The summed E-state index contributed by atoms with van der Waals surface area (Å²) in [5.74, 6) is -3.38. The van der Waals surface area contributed by atoms with Crippen LogP contribution in [0.4, 0.5) is 15.8 Å². The first-order valence-electron chi connectivity index (χ1n) is 11.0. The zero-order valence-electron chi connectivity index (χ0n) is 18.5. The van der Waals surface area contributed by atoms with Gasteiger partial charge in [0.05, 0.1) is 28.7 Å². The van der Waals surface area contributed by atoms with E-state index in [1.165, 1.54) is 36.4 Å². The maximum absolute atomic E-state index is 13.8. The smallest absolute Gasteiger partial charge is 0.312 e. The van der Waals surface area contributed by atoms with E-state index in [1.54, 1.807) is 0 Å². The predicted octanol–water partition coefficient (Wildman–Crippen LogP) is 3.65. The summed E-state index contributed by atoms with van der Waals surface area (Å²) in [6, 6.07) is 8.14. The van der Waals surface area contributed by atoms with Crippen molar-refractivity contribution in [1.82, 2.24) is 5.01 Å². The van der Waals surface area contributed by atoms with E-state index in [2.05, 4.69) is 26.3 Å². The lowest BCUT2D eigenvalue weighted by atomic mass is 9.85. The molecule has 2 fully saturated rings. The van der Waals surface area contributed by atoms with E-state index in [4.69, 9.17) is 4.74 Å². The summed E-state index contributed by atoms with van der Waals surface area (Å²) in [4.78, 5) is 49.0. The number of nitrogens with one attached hydrogen (secondary N) is 1. The molecule has 12 heteroatoms. The number of carbonyl (C=O) groups is 3. The molecule has 0 unspecified atom stereocenters. The highest BCUT2D eigenvalue weighted by atomic mass is 79.9. The lowest BCUT2D eigenvalue weighted by molar-refractivity contribution is -0.385. The molecule has 4 atom stereocenters. The van der Waals surface area contributed by atoms with Crippen LogP contribution in [0.3, 0.4) is 0 Å². The minimum Gasteiger partial charge on any atom is -0.476 e. The van der Waals surface area contributed by atoms with Crippen molar-refractivity contribution in [3.05, 3.63) is 74.5 Å². The number of rotatable bonds is 7. The predicted molar refractivity (Wildman–Crippen MR) is 128 cm³/mol. The zero-order chi connectivity index (χ0) is 25.6. The summed E-state index contributed by atoms with van der Waals surface area (Å²) in [7, 11) is 0. The van der Waals surface area contributed by atoms with E-state index >= 15 is 0 Å². The second kappa shape index (κ2) is 9.26. The fraction of sp³-hybridized carbons (Fsp3) is 0.250. The van der Waals surface area contributed by atoms with Gasteiger partial charge in [-0.25, -0.2) is 4.39 Å². The van der Waals surface area contributed by atoms with Gasteiger partial charge in [0.25, 0.3) is 17.7 Å². The van der Waals surface area contributed by atoms with E-state index in [0.717, 1.165) is 17.6 Å². The Morgan fingerprint density at radius 3 is 2.53 bits per heavy atom. The molecule has 0 radical (unpaired) electrons. The first-order chi connectivity index (χ1) is 17.2. The zero-order valence-corrected chi connectivity index (χ0v) is 20.1. The number of hydrazone groups is 1. The standard InChI is InChI=1S/C24H18BrFN4O6/c25-15-8-14(10-27-29-23(32)20-12-5-6-13(7-12)21(20)24(29)33)22(18(9-15)30(34)35)36-11-19(31)28-17-4-2-1-3-16(17)26/h1-6,8-10,12-13,20-21H,7,11H2,(H,28,31)/t12-,13-,20-,21+/m0/s1. The average Bonchev–Trinajstić information content (AvgIpc) is 3.52. The lowest BCUT2D eigenvalue weighted by Gasteiger charge is -2.13. The van der Waals surface area contributed by atoms with Gasteiger partial charge in [-0.05, 0) is 36.5 Å². The minimum atomic E-state index is -0.749. The van der Waals surface area contributed by atoms with E-state index in [1.807, 2.05) is 12.2 Å². The summed E-state index contributed by atoms with van der Waals surface area (Å²) >= 11 is 3.19. The van der Waals surface area contributed by atoms with Gasteiger partial charge in [0.2, 0.25) is 5.75 Å². The molecule has 1 heterocycles. The normalized spacial score (nSPS) is 24.0. The number of allylic oxidation sites excluding steroid dienone is 2.